The summed E-state index contributed by atoms with van der Waals surface area (Å²) < 4.78 is 0. The number of piperidine rings is 1. The van der Waals surface area contributed by atoms with Crippen LogP contribution in [0.1, 0.15) is 55.3 Å². The van der Waals surface area contributed by atoms with Gasteiger partial charge in [-0.25, -0.2) is 0 Å². The standard InChI is InChI=1S/C17H25N3O/c21-17(20-10-6-3-7-11-20)15-12-16(14-18-13-15)19-8-4-1-2-5-9-19/h12-14H,1-11H2. The maximum absolute atomic E-state index is 12.6. The molecule has 4 heteroatoms. The number of pyridine rings is 1. The zero-order chi connectivity index (χ0) is 14.5. The normalized spacial score (nSPS) is 20.2. The largest absolute Gasteiger partial charge is 0.370 e. The summed E-state index contributed by atoms with van der Waals surface area (Å²) in [7, 11) is 0. The lowest BCUT2D eigenvalue weighted by Crippen LogP contribution is -2.35. The van der Waals surface area contributed by atoms with E-state index in [0.717, 1.165) is 50.3 Å². The number of carbonyl (C=O) groups excluding carboxylic acids is 1. The van der Waals surface area contributed by atoms with Gasteiger partial charge in [-0.05, 0) is 38.2 Å². The number of nitrogens with zero attached hydrogens (tertiary/aromatic N) is 3. The number of hydrogen-bond acceptors (Lipinski definition) is 3. The van der Waals surface area contributed by atoms with Crippen molar-refractivity contribution in [2.24, 2.45) is 0 Å². The molecule has 2 fully saturated rings. The minimum absolute atomic E-state index is 0.152. The molecule has 0 aromatic carbocycles. The topological polar surface area (TPSA) is 36.4 Å². The van der Waals surface area contributed by atoms with Gasteiger partial charge in [-0.2, -0.15) is 0 Å². The SMILES string of the molecule is O=C(c1cncc(N2CCCCCC2)c1)N1CCCCC1. The zero-order valence-electron chi connectivity index (χ0n) is 12.8. The molecule has 0 bridgehead atoms. The van der Waals surface area contributed by atoms with Gasteiger partial charge in [0.15, 0.2) is 0 Å². The van der Waals surface area contributed by atoms with Crippen LogP contribution in [0.15, 0.2) is 18.5 Å². The number of anilines is 1. The third kappa shape index (κ3) is 3.55. The monoisotopic (exact) mass is 287 g/mol. The summed E-state index contributed by atoms with van der Waals surface area (Å²) in [5.74, 6) is 0.152. The van der Waals surface area contributed by atoms with Crippen LogP contribution in [0.4, 0.5) is 5.69 Å². The summed E-state index contributed by atoms with van der Waals surface area (Å²) in [5, 5.41) is 0. The van der Waals surface area contributed by atoms with Crippen molar-refractivity contribution in [3.05, 3.63) is 24.0 Å². The first-order valence-corrected chi connectivity index (χ1v) is 8.34. The van der Waals surface area contributed by atoms with E-state index in [4.69, 9.17) is 0 Å². The molecule has 0 unspecified atom stereocenters. The number of likely N-dealkylation sites (tertiary alicyclic amines) is 1. The third-order valence-electron chi connectivity index (χ3n) is 4.59. The highest BCUT2D eigenvalue weighted by molar-refractivity contribution is 5.94. The second-order valence-corrected chi connectivity index (χ2v) is 6.19. The minimum Gasteiger partial charge on any atom is -0.370 e. The van der Waals surface area contributed by atoms with Crippen LogP contribution in [-0.2, 0) is 0 Å². The Balaban J connectivity index is 1.74. The molecule has 2 aliphatic heterocycles. The second-order valence-electron chi connectivity index (χ2n) is 6.19. The van der Waals surface area contributed by atoms with Crippen molar-refractivity contribution in [2.75, 3.05) is 31.1 Å². The number of carbonyl (C=O) groups is 1. The van der Waals surface area contributed by atoms with Gasteiger partial charge in [0.25, 0.3) is 5.91 Å². The van der Waals surface area contributed by atoms with Crippen LogP contribution in [0, 0.1) is 0 Å². The van der Waals surface area contributed by atoms with Crippen LogP contribution in [0.2, 0.25) is 0 Å². The Morgan fingerprint density at radius 3 is 2.19 bits per heavy atom. The molecule has 4 nitrogen and oxygen atoms in total. The maximum atomic E-state index is 12.6. The van der Waals surface area contributed by atoms with Crippen LogP contribution in [0.3, 0.4) is 0 Å². The predicted molar refractivity (Wildman–Crippen MR) is 84.7 cm³/mol. The van der Waals surface area contributed by atoms with Crippen molar-refractivity contribution < 1.29 is 4.79 Å². The van der Waals surface area contributed by atoms with Gasteiger partial charge in [-0.3, -0.25) is 9.78 Å². The van der Waals surface area contributed by atoms with Crippen molar-refractivity contribution in [3.63, 3.8) is 0 Å². The van der Waals surface area contributed by atoms with Gasteiger partial charge in [0, 0.05) is 32.4 Å². The lowest BCUT2D eigenvalue weighted by atomic mass is 10.1. The van der Waals surface area contributed by atoms with Crippen LogP contribution < -0.4 is 4.90 Å². The molecule has 0 atom stereocenters. The first kappa shape index (κ1) is 14.4. The molecule has 1 aromatic rings. The average molecular weight is 287 g/mol. The number of aromatic nitrogens is 1. The van der Waals surface area contributed by atoms with E-state index in [2.05, 4.69) is 9.88 Å². The van der Waals surface area contributed by atoms with Crippen LogP contribution in [-0.4, -0.2) is 42.0 Å². The minimum atomic E-state index is 0.152. The summed E-state index contributed by atoms with van der Waals surface area (Å²) in [4.78, 5) is 21.2. The van der Waals surface area contributed by atoms with E-state index in [1.54, 1.807) is 6.20 Å². The molecule has 3 rings (SSSR count). The van der Waals surface area contributed by atoms with Gasteiger partial charge in [0.1, 0.15) is 0 Å². The first-order valence-electron chi connectivity index (χ1n) is 8.34. The Morgan fingerprint density at radius 1 is 0.857 bits per heavy atom. The van der Waals surface area contributed by atoms with Gasteiger partial charge in [-0.15, -0.1) is 0 Å². The van der Waals surface area contributed by atoms with E-state index in [1.165, 1.54) is 32.1 Å². The molecule has 0 radical (unpaired) electrons. The van der Waals surface area contributed by atoms with Crippen LogP contribution in [0.5, 0.6) is 0 Å². The predicted octanol–water partition coefficient (Wildman–Crippen LogP) is 3.09. The van der Waals surface area contributed by atoms with Crippen molar-refractivity contribution in [1.29, 1.82) is 0 Å². The summed E-state index contributed by atoms with van der Waals surface area (Å²) in [6.45, 7) is 3.96. The van der Waals surface area contributed by atoms with E-state index in [-0.39, 0.29) is 5.91 Å². The Bertz CT molecular complexity index is 475. The van der Waals surface area contributed by atoms with Gasteiger partial charge in [0.05, 0.1) is 17.4 Å². The maximum Gasteiger partial charge on any atom is 0.255 e. The molecule has 1 amide bonds. The van der Waals surface area contributed by atoms with Crippen molar-refractivity contribution >= 4 is 11.6 Å². The highest BCUT2D eigenvalue weighted by Gasteiger charge is 2.19. The van der Waals surface area contributed by atoms with Crippen LogP contribution >= 0.6 is 0 Å². The summed E-state index contributed by atoms with van der Waals surface area (Å²) in [6.07, 6.45) is 12.2. The van der Waals surface area contributed by atoms with E-state index >= 15 is 0 Å². The Kier molecular flexibility index (Phi) is 4.73. The fourth-order valence-electron chi connectivity index (χ4n) is 3.33. The van der Waals surface area contributed by atoms with Gasteiger partial charge >= 0.3 is 0 Å². The lowest BCUT2D eigenvalue weighted by Gasteiger charge is -2.27. The summed E-state index contributed by atoms with van der Waals surface area (Å²) in [5.41, 5.74) is 1.86. The molecule has 0 spiro atoms. The molecule has 0 aliphatic carbocycles. The van der Waals surface area contributed by atoms with E-state index in [1.807, 2.05) is 17.2 Å². The van der Waals surface area contributed by atoms with E-state index in [9.17, 15) is 4.79 Å². The molecule has 3 heterocycles. The molecular weight excluding hydrogens is 262 g/mol. The lowest BCUT2D eigenvalue weighted by molar-refractivity contribution is 0.0724. The van der Waals surface area contributed by atoms with Gasteiger partial charge in [-0.1, -0.05) is 12.8 Å². The highest BCUT2D eigenvalue weighted by Crippen LogP contribution is 2.21. The molecule has 21 heavy (non-hydrogen) atoms. The highest BCUT2D eigenvalue weighted by atomic mass is 16.2. The first-order chi connectivity index (χ1) is 10.3. The summed E-state index contributed by atoms with van der Waals surface area (Å²) in [6, 6.07) is 2.04. The second kappa shape index (κ2) is 6.92. The quantitative estimate of drug-likeness (QED) is 0.838. The Morgan fingerprint density at radius 2 is 1.48 bits per heavy atom. The molecular formula is C17H25N3O. The van der Waals surface area contributed by atoms with Crippen molar-refractivity contribution in [2.45, 2.75) is 44.9 Å². The van der Waals surface area contributed by atoms with Crippen molar-refractivity contribution in [3.8, 4) is 0 Å². The molecule has 114 valence electrons. The van der Waals surface area contributed by atoms with E-state index < -0.39 is 0 Å². The number of hydrogen-bond donors (Lipinski definition) is 0. The zero-order valence-corrected chi connectivity index (χ0v) is 12.8. The smallest absolute Gasteiger partial charge is 0.255 e. The molecule has 2 saturated heterocycles. The average Bonchev–Trinajstić information content (AvgIpc) is 2.84. The molecule has 0 N–H and O–H groups in total. The van der Waals surface area contributed by atoms with E-state index in [0.29, 0.717) is 0 Å². The number of amides is 1. The molecule has 1 aromatic heterocycles. The Hall–Kier alpha value is -1.58. The fourth-order valence-corrected chi connectivity index (χ4v) is 3.33. The van der Waals surface area contributed by atoms with Gasteiger partial charge < -0.3 is 9.80 Å². The molecule has 0 saturated carbocycles. The summed E-state index contributed by atoms with van der Waals surface area (Å²) >= 11 is 0. The van der Waals surface area contributed by atoms with Crippen LogP contribution in [0.25, 0.3) is 0 Å². The fraction of sp³-hybridized carbons (Fsp3) is 0.647. The molecule has 2 aliphatic rings. The van der Waals surface area contributed by atoms with Crippen molar-refractivity contribution in [1.82, 2.24) is 9.88 Å². The van der Waals surface area contributed by atoms with Gasteiger partial charge in [0.2, 0.25) is 0 Å². The number of rotatable bonds is 2. The third-order valence-corrected chi connectivity index (χ3v) is 4.59. The Labute approximate surface area is 127 Å².